The molecule has 2 rings (SSSR count). The van der Waals surface area contributed by atoms with Gasteiger partial charge in [-0.25, -0.2) is 0 Å². The van der Waals surface area contributed by atoms with Crippen LogP contribution in [0.15, 0.2) is 42.5 Å². The van der Waals surface area contributed by atoms with E-state index in [1.54, 1.807) is 41.3 Å². The molecule has 0 radical (unpaired) electrons. The van der Waals surface area contributed by atoms with E-state index < -0.39 is 0 Å². The quantitative estimate of drug-likeness (QED) is 0.775. The topological polar surface area (TPSA) is 58.6 Å². The minimum absolute atomic E-state index is 0.113. The summed E-state index contributed by atoms with van der Waals surface area (Å²) in [6.07, 6.45) is 0. The summed E-state index contributed by atoms with van der Waals surface area (Å²) in [5.41, 5.74) is 1.55. The van der Waals surface area contributed by atoms with Gasteiger partial charge in [0, 0.05) is 35.7 Å². The fourth-order valence-electron chi connectivity index (χ4n) is 2.37. The molecule has 0 atom stereocenters. The molecule has 0 saturated heterocycles. The Morgan fingerprint density at radius 2 is 1.81 bits per heavy atom. The van der Waals surface area contributed by atoms with E-state index in [0.29, 0.717) is 28.9 Å². The van der Waals surface area contributed by atoms with Crippen molar-refractivity contribution in [2.75, 3.05) is 24.6 Å². The summed E-state index contributed by atoms with van der Waals surface area (Å²) in [4.78, 5) is 25.4. The highest BCUT2D eigenvalue weighted by Crippen LogP contribution is 2.26. The second kappa shape index (κ2) is 9.46. The number of hydrogen-bond donors (Lipinski definition) is 1. The molecule has 26 heavy (non-hydrogen) atoms. The smallest absolute Gasteiger partial charge is 0.258 e. The Bertz CT molecular complexity index is 779. The third kappa shape index (κ3) is 5.64. The maximum atomic E-state index is 12.0. The summed E-state index contributed by atoms with van der Waals surface area (Å²) in [6.45, 7) is 3.85. The van der Waals surface area contributed by atoms with Gasteiger partial charge in [0.1, 0.15) is 5.75 Å². The number of benzene rings is 2. The zero-order valence-electron chi connectivity index (χ0n) is 14.6. The highest BCUT2D eigenvalue weighted by molar-refractivity contribution is 6.31. The molecule has 0 aromatic heterocycles. The average molecular weight is 395 g/mol. The van der Waals surface area contributed by atoms with E-state index in [2.05, 4.69) is 5.32 Å². The van der Waals surface area contributed by atoms with Gasteiger partial charge in [0.2, 0.25) is 5.91 Å². The first-order chi connectivity index (χ1) is 12.4. The van der Waals surface area contributed by atoms with Crippen molar-refractivity contribution in [3.63, 3.8) is 0 Å². The SMILES string of the molecule is CC(=O)N(CCNC(=O)COc1ccc(Cl)cc1)c1cccc(Cl)c1C. The van der Waals surface area contributed by atoms with E-state index >= 15 is 0 Å². The third-order valence-corrected chi connectivity index (χ3v) is 4.41. The number of ether oxygens (including phenoxy) is 1. The molecule has 2 aromatic rings. The molecule has 5 nitrogen and oxygen atoms in total. The van der Waals surface area contributed by atoms with Crippen molar-refractivity contribution >= 4 is 40.7 Å². The van der Waals surface area contributed by atoms with Crippen molar-refractivity contribution in [2.24, 2.45) is 0 Å². The van der Waals surface area contributed by atoms with Crippen LogP contribution in [0.1, 0.15) is 12.5 Å². The van der Waals surface area contributed by atoms with Crippen LogP contribution in [0.25, 0.3) is 0 Å². The minimum Gasteiger partial charge on any atom is -0.484 e. The molecule has 0 unspecified atom stereocenters. The normalized spacial score (nSPS) is 10.3. The van der Waals surface area contributed by atoms with E-state index in [4.69, 9.17) is 27.9 Å². The van der Waals surface area contributed by atoms with Gasteiger partial charge in [-0.05, 0) is 48.9 Å². The standard InChI is InChI=1S/C19H20Cl2N2O3/c1-13-17(21)4-3-5-18(13)23(14(2)24)11-10-22-19(25)12-26-16-8-6-15(20)7-9-16/h3-9H,10-12H2,1-2H3,(H,22,25). The molecule has 138 valence electrons. The first-order valence-corrected chi connectivity index (χ1v) is 8.82. The number of nitrogens with zero attached hydrogens (tertiary/aromatic N) is 1. The summed E-state index contributed by atoms with van der Waals surface area (Å²) in [5, 5.41) is 3.93. The molecule has 0 spiro atoms. The van der Waals surface area contributed by atoms with Crippen LogP contribution in [0.2, 0.25) is 10.0 Å². The molecule has 2 amide bonds. The Morgan fingerprint density at radius 1 is 1.12 bits per heavy atom. The van der Waals surface area contributed by atoms with E-state index in [-0.39, 0.29) is 18.4 Å². The van der Waals surface area contributed by atoms with Gasteiger partial charge in [-0.15, -0.1) is 0 Å². The average Bonchev–Trinajstić information content (AvgIpc) is 2.61. The van der Waals surface area contributed by atoms with E-state index in [1.165, 1.54) is 6.92 Å². The van der Waals surface area contributed by atoms with Crippen LogP contribution in [-0.2, 0) is 9.59 Å². The maximum absolute atomic E-state index is 12.0. The molecule has 0 saturated carbocycles. The minimum atomic E-state index is -0.272. The Balaban J connectivity index is 1.85. The van der Waals surface area contributed by atoms with Gasteiger partial charge >= 0.3 is 0 Å². The van der Waals surface area contributed by atoms with Crippen molar-refractivity contribution in [3.8, 4) is 5.75 Å². The van der Waals surface area contributed by atoms with Crippen LogP contribution in [0.4, 0.5) is 5.69 Å². The van der Waals surface area contributed by atoms with Crippen molar-refractivity contribution in [1.82, 2.24) is 5.32 Å². The lowest BCUT2D eigenvalue weighted by Gasteiger charge is -2.23. The third-order valence-electron chi connectivity index (χ3n) is 3.75. The molecule has 2 aromatic carbocycles. The van der Waals surface area contributed by atoms with Crippen molar-refractivity contribution in [3.05, 3.63) is 58.1 Å². The first kappa shape index (κ1) is 20.1. The Hall–Kier alpha value is -2.24. The van der Waals surface area contributed by atoms with Crippen LogP contribution >= 0.6 is 23.2 Å². The number of amides is 2. The van der Waals surface area contributed by atoms with Crippen LogP contribution in [0.3, 0.4) is 0 Å². The largest absolute Gasteiger partial charge is 0.484 e. The lowest BCUT2D eigenvalue weighted by molar-refractivity contribution is -0.123. The van der Waals surface area contributed by atoms with E-state index in [0.717, 1.165) is 11.3 Å². The molecule has 0 aliphatic rings. The highest BCUT2D eigenvalue weighted by atomic mass is 35.5. The molecule has 0 fully saturated rings. The highest BCUT2D eigenvalue weighted by Gasteiger charge is 2.15. The van der Waals surface area contributed by atoms with Crippen molar-refractivity contribution in [2.45, 2.75) is 13.8 Å². The zero-order valence-corrected chi connectivity index (χ0v) is 16.1. The molecular weight excluding hydrogens is 375 g/mol. The number of halogens is 2. The zero-order chi connectivity index (χ0) is 19.1. The van der Waals surface area contributed by atoms with Crippen LogP contribution in [0.5, 0.6) is 5.75 Å². The Kier molecular flexibility index (Phi) is 7.30. The number of carbonyl (C=O) groups excluding carboxylic acids is 2. The molecule has 1 N–H and O–H groups in total. The predicted molar refractivity (Wildman–Crippen MR) is 104 cm³/mol. The number of rotatable bonds is 7. The Labute approximate surface area is 162 Å². The lowest BCUT2D eigenvalue weighted by atomic mass is 10.1. The van der Waals surface area contributed by atoms with Gasteiger partial charge in [0.15, 0.2) is 6.61 Å². The van der Waals surface area contributed by atoms with Crippen molar-refractivity contribution in [1.29, 1.82) is 0 Å². The van der Waals surface area contributed by atoms with Crippen LogP contribution < -0.4 is 15.0 Å². The summed E-state index contributed by atoms with van der Waals surface area (Å²) in [5.74, 6) is 0.165. The first-order valence-electron chi connectivity index (χ1n) is 8.06. The second-order valence-electron chi connectivity index (χ2n) is 5.65. The fourth-order valence-corrected chi connectivity index (χ4v) is 2.67. The number of hydrogen-bond acceptors (Lipinski definition) is 3. The number of carbonyl (C=O) groups is 2. The second-order valence-corrected chi connectivity index (χ2v) is 6.49. The van der Waals surface area contributed by atoms with Gasteiger partial charge in [-0.2, -0.15) is 0 Å². The van der Waals surface area contributed by atoms with Crippen molar-refractivity contribution < 1.29 is 14.3 Å². The molecule has 0 aliphatic carbocycles. The van der Waals surface area contributed by atoms with Gasteiger partial charge in [-0.1, -0.05) is 29.3 Å². The van der Waals surface area contributed by atoms with Gasteiger partial charge < -0.3 is 15.0 Å². The lowest BCUT2D eigenvalue weighted by Crippen LogP contribution is -2.39. The van der Waals surface area contributed by atoms with E-state index in [9.17, 15) is 9.59 Å². The number of nitrogens with one attached hydrogen (secondary N) is 1. The summed E-state index contributed by atoms with van der Waals surface area (Å²) >= 11 is 11.9. The van der Waals surface area contributed by atoms with Gasteiger partial charge in [0.25, 0.3) is 5.91 Å². The number of anilines is 1. The molecule has 0 aliphatic heterocycles. The van der Waals surface area contributed by atoms with Gasteiger partial charge in [0.05, 0.1) is 0 Å². The summed E-state index contributed by atoms with van der Waals surface area (Å²) in [6, 6.07) is 12.1. The molecular formula is C19H20Cl2N2O3. The summed E-state index contributed by atoms with van der Waals surface area (Å²) < 4.78 is 5.38. The van der Waals surface area contributed by atoms with E-state index in [1.807, 2.05) is 13.0 Å². The fraction of sp³-hybridized carbons (Fsp3) is 0.263. The molecule has 7 heteroatoms. The molecule has 0 bridgehead atoms. The van der Waals surface area contributed by atoms with Crippen LogP contribution in [0, 0.1) is 6.92 Å². The van der Waals surface area contributed by atoms with Crippen LogP contribution in [-0.4, -0.2) is 31.5 Å². The summed E-state index contributed by atoms with van der Waals surface area (Å²) in [7, 11) is 0. The molecule has 0 heterocycles. The predicted octanol–water partition coefficient (Wildman–Crippen LogP) is 3.85. The van der Waals surface area contributed by atoms with Gasteiger partial charge in [-0.3, -0.25) is 9.59 Å². The Morgan fingerprint density at radius 3 is 2.46 bits per heavy atom. The maximum Gasteiger partial charge on any atom is 0.258 e. The monoisotopic (exact) mass is 394 g/mol.